The van der Waals surface area contributed by atoms with Gasteiger partial charge >= 0.3 is 0 Å². The van der Waals surface area contributed by atoms with Crippen LogP contribution in [0.1, 0.15) is 22.3 Å². The lowest BCUT2D eigenvalue weighted by Gasteiger charge is -2.32. The Morgan fingerprint density at radius 3 is 2.33 bits per heavy atom. The number of hydrogen-bond donors (Lipinski definition) is 3. The molecule has 0 unspecified atom stereocenters. The number of carbonyl (C=O) groups excluding carboxylic acids is 1. The Kier molecular flexibility index (Phi) is 10.2. The van der Waals surface area contributed by atoms with E-state index in [1.54, 1.807) is 78.7 Å². The molecule has 1 aliphatic rings. The summed E-state index contributed by atoms with van der Waals surface area (Å²) < 4.78 is 42.1. The molecule has 2 heterocycles. The molecule has 3 N–H and O–H groups in total. The molecular weight excluding hydrogens is 644 g/mol. The fourth-order valence-corrected chi connectivity index (χ4v) is 6.93. The third kappa shape index (κ3) is 8.41. The molecule has 254 valence electrons. The van der Waals surface area contributed by atoms with E-state index in [0.717, 1.165) is 37.4 Å². The van der Waals surface area contributed by atoms with E-state index in [4.69, 9.17) is 4.99 Å². The normalized spacial score (nSPS) is 14.7. The van der Waals surface area contributed by atoms with Crippen LogP contribution in [0.15, 0.2) is 102 Å². The molecular formula is C37H39FN6O4S. The van der Waals surface area contributed by atoms with Crippen LogP contribution < -0.4 is 9.62 Å². The average Bonchev–Trinajstić information content (AvgIpc) is 3.42. The van der Waals surface area contributed by atoms with Gasteiger partial charge < -0.3 is 19.9 Å². The van der Waals surface area contributed by atoms with E-state index in [9.17, 15) is 22.7 Å². The van der Waals surface area contributed by atoms with Crippen LogP contribution in [0.4, 0.5) is 15.8 Å². The van der Waals surface area contributed by atoms with Crippen LogP contribution in [0.2, 0.25) is 0 Å². The molecule has 10 nitrogen and oxygen atoms in total. The number of rotatable bonds is 11. The number of hydrogen-bond acceptors (Lipinski definition) is 7. The summed E-state index contributed by atoms with van der Waals surface area (Å²) in [4.78, 5) is 26.9. The number of amides is 1. The summed E-state index contributed by atoms with van der Waals surface area (Å²) in [6.45, 7) is 4.02. The Hall–Kier alpha value is -4.88. The first kappa shape index (κ1) is 34.0. The predicted molar refractivity (Wildman–Crippen MR) is 191 cm³/mol. The van der Waals surface area contributed by atoms with Crippen molar-refractivity contribution in [3.05, 3.63) is 125 Å². The summed E-state index contributed by atoms with van der Waals surface area (Å²) in [6.07, 6.45) is 0. The Morgan fingerprint density at radius 2 is 1.63 bits per heavy atom. The third-order valence-corrected chi connectivity index (χ3v) is 10.0. The molecule has 1 amide bonds. The van der Waals surface area contributed by atoms with Gasteiger partial charge in [-0.3, -0.25) is 9.69 Å². The van der Waals surface area contributed by atoms with Crippen LogP contribution in [-0.4, -0.2) is 86.7 Å². The largest absolute Gasteiger partial charge is 0.494 e. The van der Waals surface area contributed by atoms with Gasteiger partial charge in [-0.15, -0.1) is 0 Å². The molecule has 49 heavy (non-hydrogen) atoms. The van der Waals surface area contributed by atoms with E-state index in [-0.39, 0.29) is 24.1 Å². The van der Waals surface area contributed by atoms with Crippen molar-refractivity contribution in [1.29, 1.82) is 0 Å². The zero-order chi connectivity index (χ0) is 34.5. The standard InChI is InChI=1S/C37H39FN6O4S/c1-42-18-20-44(21-19-42)24-34(45)43(2)31-15-13-30(14-16-31)40-36(35-32-17-12-29(38)22-33(32)41-37(35)46)28-10-8-26(9-11-28)23-39-49(47,48)25-27-6-4-3-5-7-27/h3-17,22,39,41,46H,18-21,23-25H2,1-2H3. The maximum atomic E-state index is 14.1. The Labute approximate surface area is 285 Å². The number of nitrogens with zero attached hydrogens (tertiary/aromatic N) is 4. The summed E-state index contributed by atoms with van der Waals surface area (Å²) in [7, 11) is 0.275. The van der Waals surface area contributed by atoms with Crippen LogP contribution in [0.25, 0.3) is 10.9 Å². The molecule has 1 aromatic heterocycles. The lowest BCUT2D eigenvalue weighted by Crippen LogP contribution is -2.48. The summed E-state index contributed by atoms with van der Waals surface area (Å²) in [5.41, 5.74) is 4.63. The minimum absolute atomic E-state index is 0.000106. The minimum Gasteiger partial charge on any atom is -0.494 e. The van der Waals surface area contributed by atoms with Gasteiger partial charge in [0, 0.05) is 56.4 Å². The summed E-state index contributed by atoms with van der Waals surface area (Å²) in [5, 5.41) is 11.6. The lowest BCUT2D eigenvalue weighted by atomic mass is 9.99. The maximum Gasteiger partial charge on any atom is 0.240 e. The van der Waals surface area contributed by atoms with E-state index in [0.29, 0.717) is 45.5 Å². The van der Waals surface area contributed by atoms with Crippen molar-refractivity contribution >= 4 is 43.9 Å². The third-order valence-electron chi connectivity index (χ3n) is 8.71. The Bertz CT molecular complexity index is 2060. The number of aromatic hydroxyl groups is 1. The molecule has 0 bridgehead atoms. The molecule has 0 saturated carbocycles. The van der Waals surface area contributed by atoms with Crippen molar-refractivity contribution < 1.29 is 22.7 Å². The summed E-state index contributed by atoms with van der Waals surface area (Å²) >= 11 is 0. The first-order valence-electron chi connectivity index (χ1n) is 16.0. The molecule has 4 aromatic carbocycles. The molecule has 0 spiro atoms. The first-order chi connectivity index (χ1) is 23.5. The summed E-state index contributed by atoms with van der Waals surface area (Å²) in [5.74, 6) is -0.732. The number of anilines is 1. The fourth-order valence-electron chi connectivity index (χ4n) is 5.81. The van der Waals surface area contributed by atoms with Gasteiger partial charge in [0.05, 0.1) is 34.8 Å². The van der Waals surface area contributed by atoms with Crippen molar-refractivity contribution in [3.8, 4) is 5.88 Å². The molecule has 1 aliphatic heterocycles. The minimum atomic E-state index is -3.56. The smallest absolute Gasteiger partial charge is 0.240 e. The number of aliphatic imine (C=N–C) groups is 1. The van der Waals surface area contributed by atoms with Gasteiger partial charge in [-0.25, -0.2) is 22.5 Å². The van der Waals surface area contributed by atoms with Crippen LogP contribution in [0, 0.1) is 5.82 Å². The molecule has 0 atom stereocenters. The van der Waals surface area contributed by atoms with Gasteiger partial charge in [0.2, 0.25) is 15.9 Å². The van der Waals surface area contributed by atoms with Crippen molar-refractivity contribution in [1.82, 2.24) is 19.5 Å². The molecule has 12 heteroatoms. The highest BCUT2D eigenvalue weighted by Gasteiger charge is 2.21. The quantitative estimate of drug-likeness (QED) is 0.169. The van der Waals surface area contributed by atoms with Crippen LogP contribution >= 0.6 is 0 Å². The fraction of sp³-hybridized carbons (Fsp3) is 0.243. The van der Waals surface area contributed by atoms with E-state index in [2.05, 4.69) is 26.6 Å². The van der Waals surface area contributed by atoms with E-state index < -0.39 is 15.8 Å². The number of fused-ring (bicyclic) bond motifs is 1. The zero-order valence-electron chi connectivity index (χ0n) is 27.4. The van der Waals surface area contributed by atoms with Crippen molar-refractivity contribution in [2.75, 3.05) is 51.7 Å². The second-order valence-corrected chi connectivity index (χ2v) is 14.1. The van der Waals surface area contributed by atoms with Gasteiger partial charge in [-0.1, -0.05) is 54.6 Å². The molecule has 0 aliphatic carbocycles. The highest BCUT2D eigenvalue weighted by atomic mass is 32.2. The highest BCUT2D eigenvalue weighted by molar-refractivity contribution is 7.88. The van der Waals surface area contributed by atoms with Gasteiger partial charge in [-0.2, -0.15) is 0 Å². The molecule has 1 saturated heterocycles. The number of benzene rings is 4. The monoisotopic (exact) mass is 682 g/mol. The SMILES string of the molecule is CN1CCN(CC(=O)N(C)c2ccc(N=C(c3ccc(CNS(=O)(=O)Cc4ccccc4)cc3)c3c(O)[nH]c4cc(F)ccc34)cc2)CC1. The summed E-state index contributed by atoms with van der Waals surface area (Å²) in [6, 6.07) is 27.7. The second kappa shape index (κ2) is 14.7. The van der Waals surface area contributed by atoms with Crippen molar-refractivity contribution in [2.45, 2.75) is 12.3 Å². The Balaban J connectivity index is 1.25. The molecule has 6 rings (SSSR count). The predicted octanol–water partition coefficient (Wildman–Crippen LogP) is 5.01. The van der Waals surface area contributed by atoms with Gasteiger partial charge in [0.15, 0.2) is 5.88 Å². The van der Waals surface area contributed by atoms with Crippen molar-refractivity contribution in [3.63, 3.8) is 0 Å². The van der Waals surface area contributed by atoms with Crippen LogP contribution in [0.3, 0.4) is 0 Å². The molecule has 5 aromatic rings. The molecule has 0 radical (unpaired) electrons. The number of aromatic amines is 1. The van der Waals surface area contributed by atoms with Crippen LogP contribution in [-0.2, 0) is 27.1 Å². The highest BCUT2D eigenvalue weighted by Crippen LogP contribution is 2.32. The second-order valence-electron chi connectivity index (χ2n) is 12.3. The van der Waals surface area contributed by atoms with Gasteiger partial charge in [-0.05, 0) is 60.6 Å². The number of H-pyrrole nitrogens is 1. The number of likely N-dealkylation sites (N-methyl/N-ethyl adjacent to an activating group) is 2. The number of piperazine rings is 1. The van der Waals surface area contributed by atoms with E-state index in [1.807, 2.05) is 18.2 Å². The van der Waals surface area contributed by atoms with Crippen molar-refractivity contribution in [2.24, 2.45) is 4.99 Å². The first-order valence-corrected chi connectivity index (χ1v) is 17.7. The van der Waals surface area contributed by atoms with E-state index in [1.165, 1.54) is 12.1 Å². The van der Waals surface area contributed by atoms with E-state index >= 15 is 0 Å². The Morgan fingerprint density at radius 1 is 0.939 bits per heavy atom. The topological polar surface area (TPSA) is 121 Å². The average molecular weight is 683 g/mol. The number of halogens is 1. The number of nitrogens with one attached hydrogen (secondary N) is 2. The number of aromatic nitrogens is 1. The zero-order valence-corrected chi connectivity index (χ0v) is 28.3. The van der Waals surface area contributed by atoms with Crippen LogP contribution in [0.5, 0.6) is 5.88 Å². The number of sulfonamides is 1. The number of carbonyl (C=O) groups is 1. The van der Waals surface area contributed by atoms with Gasteiger partial charge in [0.1, 0.15) is 5.82 Å². The lowest BCUT2D eigenvalue weighted by molar-refractivity contribution is -0.119. The maximum absolute atomic E-state index is 14.1. The van der Waals surface area contributed by atoms with Gasteiger partial charge in [0.25, 0.3) is 0 Å². The molecule has 1 fully saturated rings.